The number of aromatic nitrogens is 2. The fourth-order valence-corrected chi connectivity index (χ4v) is 3.25. The Morgan fingerprint density at radius 3 is 2.69 bits per heavy atom. The normalized spacial score (nSPS) is 10.5. The summed E-state index contributed by atoms with van der Waals surface area (Å²) in [6.07, 6.45) is 2.29. The second-order valence-corrected chi connectivity index (χ2v) is 6.82. The largest absolute Gasteiger partial charge is 0.493 e. The van der Waals surface area contributed by atoms with E-state index in [-0.39, 0.29) is 5.91 Å². The molecule has 0 spiro atoms. The van der Waals surface area contributed by atoms with Crippen LogP contribution in [0, 0.1) is 6.92 Å². The molecule has 0 fully saturated rings. The standard InChI is InChI=1S/C22H22ClN3O3/c1-5-7-15-11-16(12-19(28-3)21(15)29-4)22(27)24-20-10-14(2)25-26(20)18-9-6-8-17(23)13-18/h5-6,8-13H,1,7H2,2-4H3,(H,24,27). The topological polar surface area (TPSA) is 65.4 Å². The van der Waals surface area contributed by atoms with E-state index in [4.69, 9.17) is 21.1 Å². The van der Waals surface area contributed by atoms with Crippen molar-refractivity contribution in [2.24, 2.45) is 0 Å². The van der Waals surface area contributed by atoms with Crippen LogP contribution in [0.3, 0.4) is 0 Å². The molecule has 1 amide bonds. The quantitative estimate of drug-likeness (QED) is 0.565. The summed E-state index contributed by atoms with van der Waals surface area (Å²) >= 11 is 6.10. The summed E-state index contributed by atoms with van der Waals surface area (Å²) in [4.78, 5) is 13.0. The third-order valence-corrected chi connectivity index (χ3v) is 4.54. The van der Waals surface area contributed by atoms with Gasteiger partial charge < -0.3 is 14.8 Å². The van der Waals surface area contributed by atoms with Crippen LogP contribution < -0.4 is 14.8 Å². The predicted octanol–water partition coefficient (Wildman–Crippen LogP) is 4.83. The number of ether oxygens (including phenoxy) is 2. The average Bonchev–Trinajstić information content (AvgIpc) is 3.07. The number of nitrogens with one attached hydrogen (secondary N) is 1. The molecule has 0 aliphatic carbocycles. The summed E-state index contributed by atoms with van der Waals surface area (Å²) < 4.78 is 12.5. The first-order valence-corrected chi connectivity index (χ1v) is 9.34. The van der Waals surface area contributed by atoms with E-state index in [0.29, 0.717) is 34.3 Å². The van der Waals surface area contributed by atoms with Crippen molar-refractivity contribution < 1.29 is 14.3 Å². The number of benzene rings is 2. The number of allylic oxidation sites excluding steroid dienone is 1. The Bertz CT molecular complexity index is 1060. The molecule has 6 nitrogen and oxygen atoms in total. The molecule has 0 radical (unpaired) electrons. The number of carbonyl (C=O) groups is 1. The van der Waals surface area contributed by atoms with E-state index >= 15 is 0 Å². The van der Waals surface area contributed by atoms with E-state index in [2.05, 4.69) is 17.0 Å². The Kier molecular flexibility index (Phi) is 6.24. The molecule has 0 unspecified atom stereocenters. The molecule has 150 valence electrons. The molecule has 0 aliphatic rings. The van der Waals surface area contributed by atoms with Gasteiger partial charge >= 0.3 is 0 Å². The predicted molar refractivity (Wildman–Crippen MR) is 115 cm³/mol. The van der Waals surface area contributed by atoms with Crippen LogP contribution in [-0.4, -0.2) is 29.9 Å². The van der Waals surface area contributed by atoms with Crippen molar-refractivity contribution in [3.05, 3.63) is 77.0 Å². The number of hydrogen-bond acceptors (Lipinski definition) is 4. The first-order valence-electron chi connectivity index (χ1n) is 8.96. The summed E-state index contributed by atoms with van der Waals surface area (Å²) in [5.74, 6) is 1.31. The van der Waals surface area contributed by atoms with Gasteiger partial charge in [-0.25, -0.2) is 4.68 Å². The van der Waals surface area contributed by atoms with Gasteiger partial charge in [-0.2, -0.15) is 5.10 Å². The molecule has 0 atom stereocenters. The Hall–Kier alpha value is -3.25. The van der Waals surface area contributed by atoms with Crippen LogP contribution in [0.5, 0.6) is 11.5 Å². The average molecular weight is 412 g/mol. The van der Waals surface area contributed by atoms with Crippen molar-refractivity contribution in [1.29, 1.82) is 0 Å². The smallest absolute Gasteiger partial charge is 0.256 e. The lowest BCUT2D eigenvalue weighted by Gasteiger charge is -2.15. The molecule has 3 aromatic rings. The van der Waals surface area contributed by atoms with Crippen LogP contribution in [0.25, 0.3) is 5.69 Å². The second kappa shape index (κ2) is 8.84. The van der Waals surface area contributed by atoms with Crippen LogP contribution in [0.2, 0.25) is 5.02 Å². The van der Waals surface area contributed by atoms with Gasteiger partial charge in [-0.1, -0.05) is 23.7 Å². The summed E-state index contributed by atoms with van der Waals surface area (Å²) in [7, 11) is 3.10. The molecule has 1 N–H and O–H groups in total. The highest BCUT2D eigenvalue weighted by Gasteiger charge is 2.18. The SMILES string of the molecule is C=CCc1cc(C(=O)Nc2cc(C)nn2-c2cccc(Cl)c2)cc(OC)c1OC. The molecular weight excluding hydrogens is 390 g/mol. The second-order valence-electron chi connectivity index (χ2n) is 6.38. The summed E-state index contributed by atoms with van der Waals surface area (Å²) in [6, 6.07) is 12.5. The maximum Gasteiger partial charge on any atom is 0.256 e. The van der Waals surface area contributed by atoms with Gasteiger partial charge in [0.1, 0.15) is 5.82 Å². The number of aryl methyl sites for hydroxylation is 1. The molecule has 1 heterocycles. The van der Waals surface area contributed by atoms with E-state index in [1.165, 1.54) is 7.11 Å². The fraction of sp³-hybridized carbons (Fsp3) is 0.182. The minimum atomic E-state index is -0.292. The number of anilines is 1. The summed E-state index contributed by atoms with van der Waals surface area (Å²) in [5, 5.41) is 7.97. The maximum atomic E-state index is 13.0. The molecule has 29 heavy (non-hydrogen) atoms. The minimum Gasteiger partial charge on any atom is -0.493 e. The maximum absolute atomic E-state index is 13.0. The number of hydrogen-bond donors (Lipinski definition) is 1. The zero-order valence-corrected chi connectivity index (χ0v) is 17.3. The highest BCUT2D eigenvalue weighted by atomic mass is 35.5. The van der Waals surface area contributed by atoms with E-state index in [1.54, 1.807) is 48.2 Å². The van der Waals surface area contributed by atoms with Gasteiger partial charge in [-0.05, 0) is 43.7 Å². The molecule has 3 rings (SSSR count). The lowest BCUT2D eigenvalue weighted by Crippen LogP contribution is -2.16. The highest BCUT2D eigenvalue weighted by molar-refractivity contribution is 6.30. The van der Waals surface area contributed by atoms with Gasteiger partial charge in [0.15, 0.2) is 11.5 Å². The molecular formula is C22H22ClN3O3. The number of methoxy groups -OCH3 is 2. The molecule has 2 aromatic carbocycles. The van der Waals surface area contributed by atoms with Crippen molar-refractivity contribution in [2.45, 2.75) is 13.3 Å². The van der Waals surface area contributed by atoms with Gasteiger partial charge in [0.05, 0.1) is 25.6 Å². The number of rotatable bonds is 7. The van der Waals surface area contributed by atoms with Crippen molar-refractivity contribution in [1.82, 2.24) is 9.78 Å². The van der Waals surface area contributed by atoms with Gasteiger partial charge in [0, 0.05) is 22.2 Å². The molecule has 0 saturated carbocycles. The molecule has 1 aromatic heterocycles. The Labute approximate surface area is 174 Å². The van der Waals surface area contributed by atoms with Crippen LogP contribution in [0.1, 0.15) is 21.6 Å². The zero-order chi connectivity index (χ0) is 21.0. The van der Waals surface area contributed by atoms with E-state index in [1.807, 2.05) is 19.1 Å². The van der Waals surface area contributed by atoms with E-state index < -0.39 is 0 Å². The first kappa shape index (κ1) is 20.5. The lowest BCUT2D eigenvalue weighted by atomic mass is 10.0. The molecule has 7 heteroatoms. The van der Waals surface area contributed by atoms with Crippen LogP contribution >= 0.6 is 11.6 Å². The molecule has 0 aliphatic heterocycles. The molecule has 0 bridgehead atoms. The van der Waals surface area contributed by atoms with Gasteiger partial charge in [-0.3, -0.25) is 4.79 Å². The Morgan fingerprint density at radius 2 is 2.03 bits per heavy atom. The monoisotopic (exact) mass is 411 g/mol. The Balaban J connectivity index is 1.97. The van der Waals surface area contributed by atoms with Crippen molar-refractivity contribution in [3.63, 3.8) is 0 Å². The van der Waals surface area contributed by atoms with Crippen molar-refractivity contribution in [2.75, 3.05) is 19.5 Å². The zero-order valence-electron chi connectivity index (χ0n) is 16.5. The van der Waals surface area contributed by atoms with Gasteiger partial charge in [0.2, 0.25) is 0 Å². The van der Waals surface area contributed by atoms with Gasteiger partial charge in [0.25, 0.3) is 5.91 Å². The Morgan fingerprint density at radius 1 is 1.24 bits per heavy atom. The van der Waals surface area contributed by atoms with E-state index in [0.717, 1.165) is 16.9 Å². The van der Waals surface area contributed by atoms with Crippen molar-refractivity contribution in [3.8, 4) is 17.2 Å². The number of amides is 1. The van der Waals surface area contributed by atoms with Gasteiger partial charge in [-0.15, -0.1) is 6.58 Å². The highest BCUT2D eigenvalue weighted by Crippen LogP contribution is 2.33. The van der Waals surface area contributed by atoms with Crippen molar-refractivity contribution >= 4 is 23.3 Å². The number of nitrogens with zero attached hydrogens (tertiary/aromatic N) is 2. The third-order valence-electron chi connectivity index (χ3n) is 4.31. The summed E-state index contributed by atoms with van der Waals surface area (Å²) in [6.45, 7) is 5.62. The minimum absolute atomic E-state index is 0.292. The summed E-state index contributed by atoms with van der Waals surface area (Å²) in [5.41, 5.74) is 2.77. The van der Waals surface area contributed by atoms with Crippen LogP contribution in [0.4, 0.5) is 5.82 Å². The number of halogens is 1. The lowest BCUT2D eigenvalue weighted by molar-refractivity contribution is 0.102. The van der Waals surface area contributed by atoms with Crippen LogP contribution in [-0.2, 0) is 6.42 Å². The van der Waals surface area contributed by atoms with E-state index in [9.17, 15) is 4.79 Å². The van der Waals surface area contributed by atoms with Crippen LogP contribution in [0.15, 0.2) is 55.1 Å². The molecule has 0 saturated heterocycles. The number of carbonyl (C=O) groups excluding carboxylic acids is 1. The first-order chi connectivity index (χ1) is 14.0. The fourth-order valence-electron chi connectivity index (χ4n) is 3.06. The third kappa shape index (κ3) is 4.43.